The molecule has 0 unspecified atom stereocenters. The lowest BCUT2D eigenvalue weighted by Gasteiger charge is -2.22. The van der Waals surface area contributed by atoms with Crippen molar-refractivity contribution >= 4 is 15.9 Å². The zero-order chi connectivity index (χ0) is 19.2. The summed E-state index contributed by atoms with van der Waals surface area (Å²) < 4.78 is 32.4. The second-order valence-corrected chi connectivity index (χ2v) is 8.92. The van der Waals surface area contributed by atoms with Crippen LogP contribution in [-0.4, -0.2) is 54.9 Å². The average molecular weight is 387 g/mol. The first-order chi connectivity index (χ1) is 12.9. The Morgan fingerprint density at radius 1 is 1.07 bits per heavy atom. The first-order valence-corrected chi connectivity index (χ1v) is 10.2. The Morgan fingerprint density at radius 2 is 1.70 bits per heavy atom. The van der Waals surface area contributed by atoms with Crippen molar-refractivity contribution in [1.29, 1.82) is 0 Å². The Kier molecular flexibility index (Phi) is 4.39. The van der Waals surface area contributed by atoms with E-state index in [0.717, 1.165) is 16.7 Å². The highest BCUT2D eigenvalue weighted by Crippen LogP contribution is 2.32. The van der Waals surface area contributed by atoms with Gasteiger partial charge in [0.2, 0.25) is 15.9 Å². The molecule has 0 saturated heterocycles. The van der Waals surface area contributed by atoms with E-state index in [-0.39, 0.29) is 10.8 Å². The minimum Gasteiger partial charge on any atom is -0.360 e. The molecule has 2 aliphatic heterocycles. The lowest BCUT2D eigenvalue weighted by atomic mass is 10.1. The van der Waals surface area contributed by atoms with Crippen LogP contribution in [0.15, 0.2) is 50.9 Å². The Labute approximate surface area is 158 Å². The summed E-state index contributed by atoms with van der Waals surface area (Å²) in [4.78, 5) is 14.5. The van der Waals surface area contributed by atoms with Crippen molar-refractivity contribution in [1.82, 2.24) is 14.4 Å². The standard InChI is InChI=1S/C19H21N3O4S/c1-13-19(14(2)26-20-13)27(24,25)22-11-16-9-21(10-17(16)12-22)18(23)8-15-6-4-3-5-7-15/h3-7H,8-12H2,1-2H3. The fraction of sp³-hybridized carbons (Fsp3) is 0.368. The highest BCUT2D eigenvalue weighted by atomic mass is 32.2. The smallest absolute Gasteiger partial charge is 0.249 e. The van der Waals surface area contributed by atoms with Crippen molar-refractivity contribution < 1.29 is 17.7 Å². The van der Waals surface area contributed by atoms with E-state index in [4.69, 9.17) is 4.52 Å². The second kappa shape index (κ2) is 6.61. The second-order valence-electron chi connectivity index (χ2n) is 7.05. The highest BCUT2D eigenvalue weighted by molar-refractivity contribution is 7.89. The van der Waals surface area contributed by atoms with Crippen LogP contribution in [0.1, 0.15) is 17.0 Å². The molecule has 4 rings (SSSR count). The van der Waals surface area contributed by atoms with Gasteiger partial charge in [0.25, 0.3) is 0 Å². The largest absolute Gasteiger partial charge is 0.360 e. The van der Waals surface area contributed by atoms with Gasteiger partial charge in [-0.3, -0.25) is 4.79 Å². The molecular formula is C19H21N3O4S. The Balaban J connectivity index is 1.42. The summed E-state index contributed by atoms with van der Waals surface area (Å²) in [5.41, 5.74) is 3.40. The van der Waals surface area contributed by atoms with Crippen molar-refractivity contribution in [3.8, 4) is 0 Å². The number of carbonyl (C=O) groups excluding carboxylic acids is 1. The van der Waals surface area contributed by atoms with Gasteiger partial charge in [-0.05, 0) is 30.6 Å². The third-order valence-electron chi connectivity index (χ3n) is 5.11. The fourth-order valence-electron chi connectivity index (χ4n) is 3.75. The fourth-order valence-corrected chi connectivity index (χ4v) is 5.47. The molecule has 7 nitrogen and oxygen atoms in total. The van der Waals surface area contributed by atoms with Gasteiger partial charge in [0.15, 0.2) is 5.76 Å². The zero-order valence-electron chi connectivity index (χ0n) is 15.3. The minimum absolute atomic E-state index is 0.0655. The molecule has 142 valence electrons. The molecular weight excluding hydrogens is 366 g/mol. The number of sulfonamides is 1. The van der Waals surface area contributed by atoms with Crippen molar-refractivity contribution in [3.05, 3.63) is 58.5 Å². The third kappa shape index (κ3) is 3.19. The molecule has 3 heterocycles. The molecule has 27 heavy (non-hydrogen) atoms. The van der Waals surface area contributed by atoms with E-state index in [1.165, 1.54) is 4.31 Å². The summed E-state index contributed by atoms with van der Waals surface area (Å²) in [5.74, 6) is 0.370. The predicted octanol–water partition coefficient (Wildman–Crippen LogP) is 1.68. The van der Waals surface area contributed by atoms with Gasteiger partial charge in [0.05, 0.1) is 6.42 Å². The normalized spacial score (nSPS) is 17.6. The van der Waals surface area contributed by atoms with Gasteiger partial charge in [0, 0.05) is 26.2 Å². The lowest BCUT2D eigenvalue weighted by molar-refractivity contribution is -0.129. The number of aryl methyl sites for hydroxylation is 2. The highest BCUT2D eigenvalue weighted by Gasteiger charge is 2.39. The molecule has 0 bridgehead atoms. The number of amides is 1. The number of rotatable bonds is 4. The number of aromatic nitrogens is 1. The van der Waals surface area contributed by atoms with E-state index in [9.17, 15) is 13.2 Å². The van der Waals surface area contributed by atoms with Crippen LogP contribution in [0, 0.1) is 13.8 Å². The average Bonchev–Trinajstić information content (AvgIpc) is 3.29. The van der Waals surface area contributed by atoms with Crippen LogP contribution in [0.3, 0.4) is 0 Å². The summed E-state index contributed by atoms with van der Waals surface area (Å²) in [6, 6.07) is 9.64. The molecule has 0 fully saturated rings. The molecule has 8 heteroatoms. The van der Waals surface area contributed by atoms with Crippen LogP contribution in [0.5, 0.6) is 0 Å². The molecule has 0 N–H and O–H groups in total. The van der Waals surface area contributed by atoms with Crippen molar-refractivity contribution in [2.24, 2.45) is 0 Å². The van der Waals surface area contributed by atoms with Crippen molar-refractivity contribution in [3.63, 3.8) is 0 Å². The van der Waals surface area contributed by atoms with Gasteiger partial charge in [-0.2, -0.15) is 4.31 Å². The summed E-state index contributed by atoms with van der Waals surface area (Å²) in [6.07, 6.45) is 0.364. The van der Waals surface area contributed by atoms with E-state index < -0.39 is 10.0 Å². The number of hydrogen-bond acceptors (Lipinski definition) is 5. The van der Waals surface area contributed by atoms with E-state index in [2.05, 4.69) is 5.16 Å². The van der Waals surface area contributed by atoms with E-state index in [1.54, 1.807) is 18.7 Å². The summed E-state index contributed by atoms with van der Waals surface area (Å²) in [6.45, 7) is 4.86. The number of hydrogen-bond donors (Lipinski definition) is 0. The Hall–Kier alpha value is -2.45. The first-order valence-electron chi connectivity index (χ1n) is 8.80. The SMILES string of the molecule is Cc1noc(C)c1S(=O)(=O)N1CC2=C(CN(C(=O)Cc3ccccc3)C2)C1. The quantitative estimate of drug-likeness (QED) is 0.746. The van der Waals surface area contributed by atoms with Crippen molar-refractivity contribution in [2.75, 3.05) is 26.2 Å². The molecule has 2 aromatic rings. The first kappa shape index (κ1) is 17.9. The van der Waals surface area contributed by atoms with Crippen LogP contribution < -0.4 is 0 Å². The van der Waals surface area contributed by atoms with Crippen LogP contribution >= 0.6 is 0 Å². The predicted molar refractivity (Wildman–Crippen MR) is 98.5 cm³/mol. The molecule has 0 radical (unpaired) electrons. The summed E-state index contributed by atoms with van der Waals surface area (Å²) in [7, 11) is -3.65. The topological polar surface area (TPSA) is 83.7 Å². The number of carbonyl (C=O) groups is 1. The molecule has 0 spiro atoms. The molecule has 1 aromatic heterocycles. The monoisotopic (exact) mass is 387 g/mol. The van der Waals surface area contributed by atoms with Gasteiger partial charge in [-0.1, -0.05) is 35.5 Å². The molecule has 0 saturated carbocycles. The Bertz CT molecular complexity index is 987. The van der Waals surface area contributed by atoms with E-state index in [0.29, 0.717) is 44.1 Å². The number of nitrogens with zero attached hydrogens (tertiary/aromatic N) is 3. The maximum Gasteiger partial charge on any atom is 0.249 e. The molecule has 1 aromatic carbocycles. The van der Waals surface area contributed by atoms with Gasteiger partial charge < -0.3 is 9.42 Å². The molecule has 0 aliphatic carbocycles. The van der Waals surface area contributed by atoms with Gasteiger partial charge in [-0.25, -0.2) is 8.42 Å². The molecule has 1 amide bonds. The molecule has 0 atom stereocenters. The maximum atomic E-state index is 12.9. The van der Waals surface area contributed by atoms with Crippen LogP contribution in [0.2, 0.25) is 0 Å². The Morgan fingerprint density at radius 3 is 2.26 bits per heavy atom. The minimum atomic E-state index is -3.65. The third-order valence-corrected chi connectivity index (χ3v) is 7.15. The van der Waals surface area contributed by atoms with Crippen LogP contribution in [-0.2, 0) is 21.2 Å². The zero-order valence-corrected chi connectivity index (χ0v) is 16.1. The van der Waals surface area contributed by atoms with Gasteiger partial charge >= 0.3 is 0 Å². The summed E-state index contributed by atoms with van der Waals surface area (Å²) >= 11 is 0. The van der Waals surface area contributed by atoms with Gasteiger partial charge in [0.1, 0.15) is 10.6 Å². The lowest BCUT2D eigenvalue weighted by Crippen LogP contribution is -2.37. The maximum absolute atomic E-state index is 12.9. The van der Waals surface area contributed by atoms with E-state index >= 15 is 0 Å². The summed E-state index contributed by atoms with van der Waals surface area (Å²) in [5, 5.41) is 3.75. The van der Waals surface area contributed by atoms with Crippen molar-refractivity contribution in [2.45, 2.75) is 25.2 Å². The van der Waals surface area contributed by atoms with Crippen LogP contribution in [0.25, 0.3) is 0 Å². The van der Waals surface area contributed by atoms with E-state index in [1.807, 2.05) is 30.3 Å². The van der Waals surface area contributed by atoms with Crippen LogP contribution in [0.4, 0.5) is 0 Å². The number of benzene rings is 1. The molecule has 2 aliphatic rings. The van der Waals surface area contributed by atoms with Gasteiger partial charge in [-0.15, -0.1) is 0 Å².